The molecule has 0 unspecified atom stereocenters. The molecule has 0 fully saturated rings. The monoisotopic (exact) mass is 390 g/mol. The molecule has 0 aliphatic carbocycles. The number of carbonyl (C=O) groups excluding carboxylic acids is 2. The van der Waals surface area contributed by atoms with E-state index < -0.39 is 43.2 Å². The summed E-state index contributed by atoms with van der Waals surface area (Å²) in [7, 11) is 0. The van der Waals surface area contributed by atoms with E-state index in [-0.39, 0.29) is 23.7 Å². The summed E-state index contributed by atoms with van der Waals surface area (Å²) in [6, 6.07) is 3.84. The standard InChI is InChI=1S/C17H21F3N2O5/c1-10(2)7-13(16(25)26)22-14(23)8-21-15(24)11-3-5-12(6-4-11)27-9-17(18,19)20/h3-6,10,13H,7-9H2,1-2H3,(H,21,24)(H,22,23)(H,25,26)/t13-/m0/s1. The predicted octanol–water partition coefficient (Wildman–Crippen LogP) is 1.97. The molecule has 150 valence electrons. The highest BCUT2D eigenvalue weighted by atomic mass is 19.4. The predicted molar refractivity (Wildman–Crippen MR) is 89.3 cm³/mol. The molecule has 0 aliphatic heterocycles. The number of aliphatic carboxylic acids is 1. The number of benzene rings is 1. The zero-order valence-electron chi connectivity index (χ0n) is 14.8. The maximum absolute atomic E-state index is 12.1. The SMILES string of the molecule is CC(C)C[C@H](NC(=O)CNC(=O)c1ccc(OCC(F)(F)F)cc1)C(=O)O. The van der Waals surface area contributed by atoms with Gasteiger partial charge in [-0.1, -0.05) is 13.8 Å². The first kappa shape index (κ1) is 22.3. The van der Waals surface area contributed by atoms with E-state index >= 15 is 0 Å². The van der Waals surface area contributed by atoms with Crippen LogP contribution in [-0.2, 0) is 9.59 Å². The zero-order valence-corrected chi connectivity index (χ0v) is 14.8. The van der Waals surface area contributed by atoms with Gasteiger partial charge in [-0.15, -0.1) is 0 Å². The van der Waals surface area contributed by atoms with Crippen LogP contribution < -0.4 is 15.4 Å². The van der Waals surface area contributed by atoms with E-state index in [0.717, 1.165) is 0 Å². The first-order chi connectivity index (χ1) is 12.5. The van der Waals surface area contributed by atoms with E-state index in [0.29, 0.717) is 0 Å². The highest BCUT2D eigenvalue weighted by molar-refractivity contribution is 5.96. The lowest BCUT2D eigenvalue weighted by Gasteiger charge is -2.16. The summed E-state index contributed by atoms with van der Waals surface area (Å²) >= 11 is 0. The molecule has 1 rings (SSSR count). The van der Waals surface area contributed by atoms with Gasteiger partial charge in [0.25, 0.3) is 5.91 Å². The molecule has 2 amide bonds. The Morgan fingerprint density at radius 3 is 2.22 bits per heavy atom. The summed E-state index contributed by atoms with van der Waals surface area (Å²) in [4.78, 5) is 34.8. The van der Waals surface area contributed by atoms with Crippen LogP contribution in [0.4, 0.5) is 13.2 Å². The number of alkyl halides is 3. The fraction of sp³-hybridized carbons (Fsp3) is 0.471. The minimum absolute atomic E-state index is 0.0547. The molecule has 0 saturated heterocycles. The van der Waals surface area contributed by atoms with Crippen molar-refractivity contribution >= 4 is 17.8 Å². The Hall–Kier alpha value is -2.78. The third-order valence-corrected chi connectivity index (χ3v) is 3.27. The van der Waals surface area contributed by atoms with E-state index in [9.17, 15) is 27.6 Å². The molecule has 10 heteroatoms. The fourth-order valence-corrected chi connectivity index (χ4v) is 2.07. The van der Waals surface area contributed by atoms with Crippen molar-refractivity contribution in [3.8, 4) is 5.75 Å². The maximum atomic E-state index is 12.1. The molecule has 0 spiro atoms. The second-order valence-electron chi connectivity index (χ2n) is 6.20. The van der Waals surface area contributed by atoms with Crippen LogP contribution in [0.1, 0.15) is 30.6 Å². The van der Waals surface area contributed by atoms with Gasteiger partial charge >= 0.3 is 12.1 Å². The summed E-state index contributed by atoms with van der Waals surface area (Å²) in [5.74, 6) is -2.47. The van der Waals surface area contributed by atoms with E-state index in [2.05, 4.69) is 15.4 Å². The number of carboxylic acids is 1. The lowest BCUT2D eigenvalue weighted by atomic mass is 10.0. The van der Waals surface area contributed by atoms with Crippen LogP contribution >= 0.6 is 0 Å². The van der Waals surface area contributed by atoms with Gasteiger partial charge in [-0.25, -0.2) is 4.79 Å². The molecule has 1 atom stereocenters. The number of nitrogens with one attached hydrogen (secondary N) is 2. The summed E-state index contributed by atoms with van der Waals surface area (Å²) < 4.78 is 40.7. The van der Waals surface area contributed by atoms with Crippen LogP contribution in [0.25, 0.3) is 0 Å². The Morgan fingerprint density at radius 1 is 1.15 bits per heavy atom. The van der Waals surface area contributed by atoms with Gasteiger partial charge < -0.3 is 20.5 Å². The molecule has 7 nitrogen and oxygen atoms in total. The van der Waals surface area contributed by atoms with Gasteiger partial charge in [0.05, 0.1) is 6.54 Å². The van der Waals surface area contributed by atoms with Crippen LogP contribution in [0, 0.1) is 5.92 Å². The van der Waals surface area contributed by atoms with Crippen molar-refractivity contribution in [2.24, 2.45) is 5.92 Å². The minimum atomic E-state index is -4.47. The molecule has 1 aromatic carbocycles. The molecular formula is C17H21F3N2O5. The Bertz CT molecular complexity index is 660. The van der Waals surface area contributed by atoms with Gasteiger partial charge in [-0.05, 0) is 36.6 Å². The molecule has 0 saturated carbocycles. The lowest BCUT2D eigenvalue weighted by molar-refractivity contribution is -0.153. The van der Waals surface area contributed by atoms with Crippen LogP contribution in [0.5, 0.6) is 5.75 Å². The first-order valence-electron chi connectivity index (χ1n) is 8.08. The van der Waals surface area contributed by atoms with Crippen LogP contribution in [-0.4, -0.2) is 48.3 Å². The molecular weight excluding hydrogens is 369 g/mol. The molecule has 0 aliphatic rings. The molecule has 0 radical (unpaired) electrons. The highest BCUT2D eigenvalue weighted by Crippen LogP contribution is 2.18. The van der Waals surface area contributed by atoms with Gasteiger partial charge in [-0.3, -0.25) is 9.59 Å². The van der Waals surface area contributed by atoms with E-state index in [4.69, 9.17) is 5.11 Å². The van der Waals surface area contributed by atoms with Crippen molar-refractivity contribution < 1.29 is 37.4 Å². The molecule has 0 heterocycles. The summed E-state index contributed by atoms with van der Waals surface area (Å²) in [6.45, 7) is 1.74. The molecule has 1 aromatic rings. The van der Waals surface area contributed by atoms with E-state index in [1.54, 1.807) is 0 Å². The van der Waals surface area contributed by atoms with Gasteiger partial charge in [-0.2, -0.15) is 13.2 Å². The number of amides is 2. The molecule has 3 N–H and O–H groups in total. The number of halogens is 3. The highest BCUT2D eigenvalue weighted by Gasteiger charge is 2.28. The second-order valence-corrected chi connectivity index (χ2v) is 6.20. The van der Waals surface area contributed by atoms with Crippen molar-refractivity contribution in [1.29, 1.82) is 0 Å². The number of ether oxygens (including phenoxy) is 1. The van der Waals surface area contributed by atoms with Gasteiger partial charge in [0.15, 0.2) is 6.61 Å². The Balaban J connectivity index is 2.51. The van der Waals surface area contributed by atoms with Crippen molar-refractivity contribution in [3.63, 3.8) is 0 Å². The summed E-state index contributed by atoms with van der Waals surface area (Å²) in [5.41, 5.74) is 0.110. The van der Waals surface area contributed by atoms with E-state index in [1.807, 2.05) is 13.8 Å². The summed E-state index contributed by atoms with van der Waals surface area (Å²) in [5, 5.41) is 13.7. The fourth-order valence-electron chi connectivity index (χ4n) is 2.07. The Labute approximate surface area is 153 Å². The minimum Gasteiger partial charge on any atom is -0.484 e. The summed E-state index contributed by atoms with van der Waals surface area (Å²) in [6.07, 6.45) is -4.22. The number of hydrogen-bond donors (Lipinski definition) is 3. The second kappa shape index (κ2) is 9.79. The lowest BCUT2D eigenvalue weighted by Crippen LogP contribution is -2.46. The average molecular weight is 390 g/mol. The maximum Gasteiger partial charge on any atom is 0.422 e. The zero-order chi connectivity index (χ0) is 20.6. The first-order valence-corrected chi connectivity index (χ1v) is 8.08. The van der Waals surface area contributed by atoms with Crippen LogP contribution in [0.3, 0.4) is 0 Å². The van der Waals surface area contributed by atoms with Crippen molar-refractivity contribution in [2.75, 3.05) is 13.2 Å². The molecule has 27 heavy (non-hydrogen) atoms. The largest absolute Gasteiger partial charge is 0.484 e. The molecule has 0 bridgehead atoms. The smallest absolute Gasteiger partial charge is 0.422 e. The molecule has 0 aromatic heterocycles. The van der Waals surface area contributed by atoms with E-state index in [1.165, 1.54) is 24.3 Å². The third-order valence-electron chi connectivity index (χ3n) is 3.27. The van der Waals surface area contributed by atoms with Crippen molar-refractivity contribution in [3.05, 3.63) is 29.8 Å². The van der Waals surface area contributed by atoms with Crippen molar-refractivity contribution in [1.82, 2.24) is 10.6 Å². The van der Waals surface area contributed by atoms with Crippen LogP contribution in [0.2, 0.25) is 0 Å². The third kappa shape index (κ3) is 8.93. The Morgan fingerprint density at radius 2 is 1.74 bits per heavy atom. The number of carbonyl (C=O) groups is 3. The average Bonchev–Trinajstić information content (AvgIpc) is 2.56. The topological polar surface area (TPSA) is 105 Å². The van der Waals surface area contributed by atoms with Crippen molar-refractivity contribution in [2.45, 2.75) is 32.5 Å². The van der Waals surface area contributed by atoms with Crippen LogP contribution in [0.15, 0.2) is 24.3 Å². The quantitative estimate of drug-likeness (QED) is 0.598. The number of hydrogen-bond acceptors (Lipinski definition) is 4. The Kier molecular flexibility index (Phi) is 8.07. The number of carboxylic acid groups (broad SMARTS) is 1. The normalized spacial score (nSPS) is 12.4. The number of rotatable bonds is 9. The van der Waals surface area contributed by atoms with Gasteiger partial charge in [0.2, 0.25) is 5.91 Å². The van der Waals surface area contributed by atoms with Gasteiger partial charge in [0, 0.05) is 5.56 Å². The van der Waals surface area contributed by atoms with Gasteiger partial charge in [0.1, 0.15) is 11.8 Å².